The summed E-state index contributed by atoms with van der Waals surface area (Å²) in [6.07, 6.45) is -6.62. The molecular weight excluding hydrogens is 445 g/mol. The minimum Gasteiger partial charge on any atom is -0.430 e. The zero-order valence-electron chi connectivity index (χ0n) is 17.7. The third kappa shape index (κ3) is 6.07. The van der Waals surface area contributed by atoms with E-state index in [4.69, 9.17) is 9.47 Å². The number of halogens is 7. The predicted octanol–water partition coefficient (Wildman–Crippen LogP) is 6.84. The van der Waals surface area contributed by atoms with E-state index in [0.717, 1.165) is 25.7 Å². The van der Waals surface area contributed by atoms with Crippen LogP contribution in [-0.4, -0.2) is 31.0 Å². The zero-order chi connectivity index (χ0) is 23.5. The highest BCUT2D eigenvalue weighted by Gasteiger charge is 2.49. The fourth-order valence-corrected chi connectivity index (χ4v) is 4.41. The predicted molar refractivity (Wildman–Crippen MR) is 101 cm³/mol. The van der Waals surface area contributed by atoms with Gasteiger partial charge in [-0.15, -0.1) is 0 Å². The lowest BCUT2D eigenvalue weighted by Crippen LogP contribution is -2.48. The molecule has 2 atom stereocenters. The van der Waals surface area contributed by atoms with Crippen LogP contribution in [0.1, 0.15) is 58.3 Å². The van der Waals surface area contributed by atoms with Crippen molar-refractivity contribution in [2.24, 2.45) is 11.8 Å². The molecule has 0 amide bonds. The lowest BCUT2D eigenvalue weighted by molar-refractivity contribution is -0.324. The fraction of sp³-hybridized carbons (Fsp3) is 0.727. The molecule has 1 heterocycles. The van der Waals surface area contributed by atoms with E-state index in [1.165, 1.54) is 0 Å². The van der Waals surface area contributed by atoms with Crippen molar-refractivity contribution >= 4 is 0 Å². The molecule has 1 saturated heterocycles. The number of benzene rings is 1. The number of ether oxygens (including phenoxy) is 3. The Labute approximate surface area is 182 Å². The Kier molecular flexibility index (Phi) is 7.96. The normalized spacial score (nSPS) is 27.4. The number of rotatable bonds is 8. The maximum atomic E-state index is 14.6. The summed E-state index contributed by atoms with van der Waals surface area (Å²) in [6, 6.07) is 0.577. The van der Waals surface area contributed by atoms with E-state index in [2.05, 4.69) is 11.7 Å². The van der Waals surface area contributed by atoms with Crippen LogP contribution in [-0.2, 0) is 9.47 Å². The van der Waals surface area contributed by atoms with Crippen LogP contribution in [0.3, 0.4) is 0 Å². The van der Waals surface area contributed by atoms with E-state index in [9.17, 15) is 30.7 Å². The molecule has 2 aliphatic rings. The molecule has 3 rings (SSSR count). The van der Waals surface area contributed by atoms with Crippen LogP contribution < -0.4 is 4.74 Å². The van der Waals surface area contributed by atoms with Crippen LogP contribution in [0.2, 0.25) is 0 Å². The molecule has 2 fully saturated rings. The summed E-state index contributed by atoms with van der Waals surface area (Å²) in [5, 5.41) is 0. The fourth-order valence-electron chi connectivity index (χ4n) is 4.41. The maximum Gasteiger partial charge on any atom is 0.424 e. The Balaban J connectivity index is 1.51. The number of hydrogen-bond acceptors (Lipinski definition) is 3. The molecule has 1 aliphatic heterocycles. The van der Waals surface area contributed by atoms with Crippen molar-refractivity contribution in [3.05, 3.63) is 29.6 Å². The van der Waals surface area contributed by atoms with Gasteiger partial charge in [-0.1, -0.05) is 19.8 Å². The van der Waals surface area contributed by atoms with Crippen molar-refractivity contribution in [2.45, 2.75) is 82.7 Å². The first-order chi connectivity index (χ1) is 15.0. The molecule has 1 aromatic rings. The second-order valence-corrected chi connectivity index (χ2v) is 8.57. The summed E-state index contributed by atoms with van der Waals surface area (Å²) >= 11 is 0. The van der Waals surface area contributed by atoms with Crippen LogP contribution in [0.15, 0.2) is 12.1 Å². The first-order valence-electron chi connectivity index (χ1n) is 10.9. The van der Waals surface area contributed by atoms with Crippen molar-refractivity contribution in [1.82, 2.24) is 0 Å². The van der Waals surface area contributed by atoms with E-state index in [1.807, 2.05) is 0 Å². The van der Waals surface area contributed by atoms with Gasteiger partial charge in [0.15, 0.2) is 23.6 Å². The second kappa shape index (κ2) is 10.2. The third-order valence-electron chi connectivity index (χ3n) is 6.16. The van der Waals surface area contributed by atoms with E-state index in [-0.39, 0.29) is 25.0 Å². The van der Waals surface area contributed by atoms with Crippen LogP contribution in [0.4, 0.5) is 30.7 Å². The summed E-state index contributed by atoms with van der Waals surface area (Å²) in [4.78, 5) is 0. The van der Waals surface area contributed by atoms with Gasteiger partial charge in [-0.3, -0.25) is 0 Å². The van der Waals surface area contributed by atoms with Gasteiger partial charge < -0.3 is 14.2 Å². The van der Waals surface area contributed by atoms with Gasteiger partial charge in [0.05, 0.1) is 18.6 Å². The van der Waals surface area contributed by atoms with Gasteiger partial charge in [0.2, 0.25) is 0 Å². The van der Waals surface area contributed by atoms with Crippen molar-refractivity contribution in [2.75, 3.05) is 6.61 Å². The van der Waals surface area contributed by atoms with E-state index >= 15 is 0 Å². The first kappa shape index (κ1) is 25.1. The largest absolute Gasteiger partial charge is 0.430 e. The van der Waals surface area contributed by atoms with Crippen molar-refractivity contribution in [3.63, 3.8) is 0 Å². The Hall–Kier alpha value is -1.55. The lowest BCUT2D eigenvalue weighted by Gasteiger charge is -2.38. The number of hydrogen-bond donors (Lipinski definition) is 0. The zero-order valence-corrected chi connectivity index (χ0v) is 17.7. The van der Waals surface area contributed by atoms with Crippen molar-refractivity contribution < 1.29 is 44.9 Å². The van der Waals surface area contributed by atoms with Gasteiger partial charge in [0.1, 0.15) is 5.75 Å². The van der Waals surface area contributed by atoms with Crippen LogP contribution in [0.25, 0.3) is 0 Å². The average molecular weight is 472 g/mol. The Bertz CT molecular complexity index is 735. The topological polar surface area (TPSA) is 27.7 Å². The highest BCUT2D eigenvalue weighted by Crippen LogP contribution is 2.42. The van der Waals surface area contributed by atoms with E-state index in [0.29, 0.717) is 18.8 Å². The average Bonchev–Trinajstić information content (AvgIpc) is 2.72. The van der Waals surface area contributed by atoms with Crippen LogP contribution in [0.5, 0.6) is 5.75 Å². The third-order valence-corrected chi connectivity index (χ3v) is 6.16. The van der Waals surface area contributed by atoms with E-state index < -0.39 is 60.2 Å². The first-order valence-corrected chi connectivity index (χ1v) is 10.9. The SMILES string of the molecule is CCCC1CCC(C(F)(F)OC2CCC(C(F)(F)Oc3cc(F)c(F)c(F)c3)OC2)CC1. The minimum absolute atomic E-state index is 0.128. The summed E-state index contributed by atoms with van der Waals surface area (Å²) in [7, 11) is 0. The summed E-state index contributed by atoms with van der Waals surface area (Å²) < 4.78 is 112. The molecule has 0 N–H and O–H groups in total. The monoisotopic (exact) mass is 472 g/mol. The molecular formula is C22H27F7O3. The van der Waals surface area contributed by atoms with Crippen molar-refractivity contribution in [3.8, 4) is 5.75 Å². The molecule has 32 heavy (non-hydrogen) atoms. The highest BCUT2D eigenvalue weighted by molar-refractivity contribution is 5.25. The molecule has 0 bridgehead atoms. The Morgan fingerprint density at radius 3 is 2.06 bits per heavy atom. The van der Waals surface area contributed by atoms with Gasteiger partial charge in [-0.2, -0.15) is 17.6 Å². The summed E-state index contributed by atoms with van der Waals surface area (Å²) in [5.74, 6) is -6.55. The van der Waals surface area contributed by atoms with Crippen molar-refractivity contribution in [1.29, 1.82) is 0 Å². The summed E-state index contributed by atoms with van der Waals surface area (Å²) in [6.45, 7) is 1.56. The molecule has 2 unspecified atom stereocenters. The van der Waals surface area contributed by atoms with Gasteiger partial charge in [-0.05, 0) is 44.4 Å². The van der Waals surface area contributed by atoms with Crippen LogP contribution >= 0.6 is 0 Å². The second-order valence-electron chi connectivity index (χ2n) is 8.57. The lowest BCUT2D eigenvalue weighted by atomic mass is 9.79. The number of alkyl halides is 4. The van der Waals surface area contributed by atoms with Crippen LogP contribution in [0, 0.1) is 29.3 Å². The Morgan fingerprint density at radius 2 is 1.53 bits per heavy atom. The smallest absolute Gasteiger partial charge is 0.424 e. The molecule has 182 valence electrons. The van der Waals surface area contributed by atoms with E-state index in [1.54, 1.807) is 0 Å². The van der Waals surface area contributed by atoms with Gasteiger partial charge in [0.25, 0.3) is 0 Å². The highest BCUT2D eigenvalue weighted by atomic mass is 19.3. The molecule has 1 saturated carbocycles. The molecule has 10 heteroatoms. The molecule has 1 aliphatic carbocycles. The maximum absolute atomic E-state index is 14.6. The minimum atomic E-state index is -4.01. The molecule has 1 aromatic carbocycles. The molecule has 0 radical (unpaired) electrons. The molecule has 0 aromatic heterocycles. The van der Waals surface area contributed by atoms with Gasteiger partial charge >= 0.3 is 12.2 Å². The van der Waals surface area contributed by atoms with Gasteiger partial charge in [-0.25, -0.2) is 13.2 Å². The summed E-state index contributed by atoms with van der Waals surface area (Å²) in [5.41, 5.74) is 0. The quantitative estimate of drug-likeness (QED) is 0.306. The molecule has 3 nitrogen and oxygen atoms in total. The standard InChI is InChI=1S/C22H27F7O3/c1-2-3-13-4-6-14(7-5-13)21(26,27)31-15-8-9-19(30-12-15)22(28,29)32-16-10-17(23)20(25)18(24)11-16/h10-11,13-15,19H,2-9,12H2,1H3. The molecule has 0 spiro atoms. The van der Waals surface area contributed by atoms with Gasteiger partial charge in [0, 0.05) is 12.1 Å². The Morgan fingerprint density at radius 1 is 0.906 bits per heavy atom.